The number of ether oxygens (including phenoxy) is 1. The summed E-state index contributed by atoms with van der Waals surface area (Å²) in [6, 6.07) is 6.37. The van der Waals surface area contributed by atoms with Gasteiger partial charge in [0.25, 0.3) is 0 Å². The van der Waals surface area contributed by atoms with Crippen molar-refractivity contribution in [3.63, 3.8) is 0 Å². The molecule has 1 unspecified atom stereocenters. The molecule has 3 aromatic heterocycles. The molecule has 0 amide bonds. The van der Waals surface area contributed by atoms with Gasteiger partial charge in [0.2, 0.25) is 0 Å². The molecule has 0 saturated carbocycles. The Morgan fingerprint density at radius 1 is 1.17 bits per heavy atom. The van der Waals surface area contributed by atoms with E-state index in [2.05, 4.69) is 20.0 Å². The number of rotatable bonds is 4. The lowest BCUT2D eigenvalue weighted by atomic mass is 9.99. The van der Waals surface area contributed by atoms with Crippen molar-refractivity contribution in [3.05, 3.63) is 47.5 Å². The van der Waals surface area contributed by atoms with Crippen LogP contribution in [0.5, 0.6) is 5.75 Å². The Bertz CT molecular complexity index is 1020. The third-order valence-electron chi connectivity index (χ3n) is 5.01. The Hall–Kier alpha value is -2.84. The molecule has 1 atom stereocenters. The fourth-order valence-electron chi connectivity index (χ4n) is 3.70. The molecule has 0 bridgehead atoms. The first-order valence-corrected chi connectivity index (χ1v) is 9.54. The van der Waals surface area contributed by atoms with E-state index in [1.807, 2.05) is 30.5 Å². The van der Waals surface area contributed by atoms with Crippen molar-refractivity contribution < 1.29 is 17.9 Å². The highest BCUT2D eigenvalue weighted by molar-refractivity contribution is 5.52. The molecule has 1 fully saturated rings. The van der Waals surface area contributed by atoms with Crippen molar-refractivity contribution in [2.45, 2.75) is 32.9 Å². The predicted octanol–water partition coefficient (Wildman–Crippen LogP) is 4.06. The van der Waals surface area contributed by atoms with Crippen LogP contribution in [0.1, 0.15) is 29.9 Å². The van der Waals surface area contributed by atoms with Gasteiger partial charge in [-0.3, -0.25) is 4.98 Å². The monoisotopic (exact) mass is 405 g/mol. The van der Waals surface area contributed by atoms with Crippen molar-refractivity contribution in [2.75, 3.05) is 24.6 Å². The fourth-order valence-corrected chi connectivity index (χ4v) is 3.70. The summed E-state index contributed by atoms with van der Waals surface area (Å²) in [5, 5.41) is 4.55. The van der Waals surface area contributed by atoms with Gasteiger partial charge in [-0.05, 0) is 32.8 Å². The third kappa shape index (κ3) is 4.28. The number of aryl methyl sites for hydroxylation is 2. The summed E-state index contributed by atoms with van der Waals surface area (Å²) >= 11 is 0. The largest absolute Gasteiger partial charge is 0.493 e. The van der Waals surface area contributed by atoms with E-state index in [0.29, 0.717) is 6.61 Å². The van der Waals surface area contributed by atoms with Gasteiger partial charge in [0, 0.05) is 49.1 Å². The molecular weight excluding hydrogens is 383 g/mol. The van der Waals surface area contributed by atoms with Gasteiger partial charge in [0.1, 0.15) is 17.3 Å². The zero-order valence-corrected chi connectivity index (χ0v) is 16.3. The highest BCUT2D eigenvalue weighted by atomic mass is 19.4. The Labute approximate surface area is 166 Å². The molecule has 1 aliphatic rings. The van der Waals surface area contributed by atoms with Gasteiger partial charge < -0.3 is 9.64 Å². The number of anilines is 1. The lowest BCUT2D eigenvalue weighted by Crippen LogP contribution is -2.39. The van der Waals surface area contributed by atoms with Gasteiger partial charge in [-0.1, -0.05) is 0 Å². The van der Waals surface area contributed by atoms with Crippen molar-refractivity contribution in [2.24, 2.45) is 5.92 Å². The molecule has 0 radical (unpaired) electrons. The van der Waals surface area contributed by atoms with Crippen LogP contribution in [0.2, 0.25) is 0 Å². The number of halogens is 3. The van der Waals surface area contributed by atoms with Crippen LogP contribution in [0.15, 0.2) is 30.5 Å². The van der Waals surface area contributed by atoms with E-state index in [-0.39, 0.29) is 11.7 Å². The number of aromatic nitrogens is 4. The average molecular weight is 405 g/mol. The number of fused-ring (bicyclic) bond motifs is 1. The SMILES string of the molecule is Cc1cc(N2CCCC(COc3ccnc(C(F)(F)F)c3)C2)n2nc(C)cc2n1. The molecule has 0 aliphatic carbocycles. The minimum Gasteiger partial charge on any atom is -0.493 e. The third-order valence-corrected chi connectivity index (χ3v) is 5.01. The average Bonchev–Trinajstić information content (AvgIpc) is 3.05. The Morgan fingerprint density at radius 3 is 2.79 bits per heavy atom. The molecule has 4 heterocycles. The maximum atomic E-state index is 12.8. The summed E-state index contributed by atoms with van der Waals surface area (Å²) in [6.45, 7) is 5.88. The summed E-state index contributed by atoms with van der Waals surface area (Å²) in [5.41, 5.74) is 1.69. The normalized spacial score (nSPS) is 17.7. The molecule has 3 aromatic rings. The van der Waals surface area contributed by atoms with Crippen LogP contribution < -0.4 is 9.64 Å². The highest BCUT2D eigenvalue weighted by Gasteiger charge is 2.32. The first-order chi connectivity index (χ1) is 13.8. The quantitative estimate of drug-likeness (QED) is 0.655. The van der Waals surface area contributed by atoms with Crippen LogP contribution in [0.3, 0.4) is 0 Å². The van der Waals surface area contributed by atoms with Gasteiger partial charge in [-0.25, -0.2) is 4.98 Å². The molecule has 9 heteroatoms. The topological polar surface area (TPSA) is 55.5 Å². The number of pyridine rings is 1. The van der Waals surface area contributed by atoms with Crippen LogP contribution in [0.4, 0.5) is 19.0 Å². The number of hydrogen-bond acceptors (Lipinski definition) is 5. The summed E-state index contributed by atoms with van der Waals surface area (Å²) in [5.74, 6) is 1.37. The second-order valence-electron chi connectivity index (χ2n) is 7.45. The summed E-state index contributed by atoms with van der Waals surface area (Å²) < 4.78 is 46.0. The molecule has 154 valence electrons. The molecule has 29 heavy (non-hydrogen) atoms. The first kappa shape index (κ1) is 19.5. The smallest absolute Gasteiger partial charge is 0.433 e. The van der Waals surface area contributed by atoms with E-state index < -0.39 is 11.9 Å². The van der Waals surface area contributed by atoms with E-state index in [4.69, 9.17) is 4.74 Å². The number of alkyl halides is 3. The number of nitrogens with zero attached hydrogens (tertiary/aromatic N) is 5. The van der Waals surface area contributed by atoms with Gasteiger partial charge in [0.05, 0.1) is 12.3 Å². The van der Waals surface area contributed by atoms with Gasteiger partial charge >= 0.3 is 6.18 Å². The maximum Gasteiger partial charge on any atom is 0.433 e. The number of piperidine rings is 1. The van der Waals surface area contributed by atoms with Gasteiger partial charge in [-0.2, -0.15) is 22.8 Å². The van der Waals surface area contributed by atoms with Crippen molar-refractivity contribution in [1.82, 2.24) is 19.6 Å². The molecular formula is C20H22F3N5O. The van der Waals surface area contributed by atoms with Crippen LogP contribution in [0, 0.1) is 19.8 Å². The lowest BCUT2D eigenvalue weighted by molar-refractivity contribution is -0.141. The zero-order valence-electron chi connectivity index (χ0n) is 16.3. The van der Waals surface area contributed by atoms with E-state index >= 15 is 0 Å². The highest BCUT2D eigenvalue weighted by Crippen LogP contribution is 2.30. The molecule has 0 spiro atoms. The maximum absolute atomic E-state index is 12.8. The van der Waals surface area contributed by atoms with Crippen LogP contribution in [0.25, 0.3) is 5.65 Å². The first-order valence-electron chi connectivity index (χ1n) is 9.54. The van der Waals surface area contributed by atoms with Gasteiger partial charge in [-0.15, -0.1) is 0 Å². The molecule has 4 rings (SSSR count). The van der Waals surface area contributed by atoms with Crippen molar-refractivity contribution in [1.29, 1.82) is 0 Å². The second kappa shape index (κ2) is 7.53. The minimum atomic E-state index is -4.48. The Balaban J connectivity index is 1.47. The van der Waals surface area contributed by atoms with Crippen LogP contribution >= 0.6 is 0 Å². The molecule has 6 nitrogen and oxygen atoms in total. The Kier molecular flexibility index (Phi) is 5.06. The molecule has 0 N–H and O–H groups in total. The van der Waals surface area contributed by atoms with E-state index in [9.17, 15) is 13.2 Å². The zero-order chi connectivity index (χ0) is 20.6. The van der Waals surface area contributed by atoms with E-state index in [0.717, 1.165) is 61.0 Å². The molecule has 1 saturated heterocycles. The lowest BCUT2D eigenvalue weighted by Gasteiger charge is -2.34. The van der Waals surface area contributed by atoms with E-state index in [1.165, 1.54) is 6.07 Å². The standard InChI is InChI=1S/C20H22F3N5O/c1-13-9-19(28-18(25-13)8-14(2)26-28)27-7-3-4-15(11-27)12-29-16-5-6-24-17(10-16)20(21,22)23/h5-6,8-10,15H,3-4,7,11-12H2,1-2H3. The Morgan fingerprint density at radius 2 is 2.00 bits per heavy atom. The molecule has 0 aromatic carbocycles. The minimum absolute atomic E-state index is 0.189. The summed E-state index contributed by atoms with van der Waals surface area (Å²) in [6.07, 6.45) is -1.42. The van der Waals surface area contributed by atoms with E-state index in [1.54, 1.807) is 0 Å². The fraction of sp³-hybridized carbons (Fsp3) is 0.450. The van der Waals surface area contributed by atoms with Crippen LogP contribution in [-0.4, -0.2) is 39.3 Å². The van der Waals surface area contributed by atoms with Gasteiger partial charge in [0.15, 0.2) is 5.65 Å². The summed E-state index contributed by atoms with van der Waals surface area (Å²) in [4.78, 5) is 10.1. The molecule has 1 aliphatic heterocycles. The number of hydrogen-bond donors (Lipinski definition) is 0. The van der Waals surface area contributed by atoms with Crippen LogP contribution in [-0.2, 0) is 6.18 Å². The van der Waals surface area contributed by atoms with Crippen molar-refractivity contribution >= 4 is 11.5 Å². The van der Waals surface area contributed by atoms with Crippen molar-refractivity contribution in [3.8, 4) is 5.75 Å². The predicted molar refractivity (Wildman–Crippen MR) is 102 cm³/mol. The second-order valence-corrected chi connectivity index (χ2v) is 7.45. The summed E-state index contributed by atoms with van der Waals surface area (Å²) in [7, 11) is 0.